The number of amides is 2. The number of ketones is 1. The van der Waals surface area contributed by atoms with Gasteiger partial charge in [0.05, 0.1) is 11.9 Å². The minimum absolute atomic E-state index is 0.0946. The van der Waals surface area contributed by atoms with Crippen LogP contribution in [0.5, 0.6) is 0 Å². The molecule has 1 aliphatic rings. The lowest BCUT2D eigenvalue weighted by molar-refractivity contribution is -0.139. The van der Waals surface area contributed by atoms with Crippen molar-refractivity contribution in [1.82, 2.24) is 10.2 Å². The number of hydrogen-bond acceptors (Lipinski definition) is 5. The van der Waals surface area contributed by atoms with E-state index in [9.17, 15) is 22.8 Å². The smallest absolute Gasteiger partial charge is 0.244 e. The van der Waals surface area contributed by atoms with Crippen LogP contribution in [-0.2, 0) is 26.2 Å². The van der Waals surface area contributed by atoms with E-state index < -0.39 is 28.5 Å². The van der Waals surface area contributed by atoms with Crippen molar-refractivity contribution in [3.8, 4) is 0 Å². The van der Waals surface area contributed by atoms with Crippen LogP contribution in [0.1, 0.15) is 61.0 Å². The molecule has 0 heterocycles. The third kappa shape index (κ3) is 6.94. The number of nitrogens with zero attached hydrogens (tertiary/aromatic N) is 2. The minimum atomic E-state index is -3.86. The molecule has 36 heavy (non-hydrogen) atoms. The second kappa shape index (κ2) is 11.7. The number of anilines is 1. The molecule has 1 N–H and O–H groups in total. The Kier molecular flexibility index (Phi) is 8.89. The molecule has 1 saturated carbocycles. The van der Waals surface area contributed by atoms with Gasteiger partial charge in [-0.3, -0.25) is 18.7 Å². The van der Waals surface area contributed by atoms with Crippen LogP contribution in [0.25, 0.3) is 0 Å². The number of aryl methyl sites for hydroxylation is 1. The van der Waals surface area contributed by atoms with Crippen molar-refractivity contribution < 1.29 is 22.8 Å². The Hall–Kier alpha value is -3.20. The molecular formula is C27H35N3O5S. The van der Waals surface area contributed by atoms with Crippen LogP contribution >= 0.6 is 0 Å². The van der Waals surface area contributed by atoms with E-state index in [1.54, 1.807) is 25.1 Å². The third-order valence-electron chi connectivity index (χ3n) is 6.69. The number of nitrogens with one attached hydrogen (secondary N) is 1. The molecule has 9 heteroatoms. The third-order valence-corrected chi connectivity index (χ3v) is 7.83. The monoisotopic (exact) mass is 513 g/mol. The Labute approximate surface area is 213 Å². The van der Waals surface area contributed by atoms with E-state index in [0.717, 1.165) is 47.4 Å². The van der Waals surface area contributed by atoms with E-state index >= 15 is 0 Å². The van der Waals surface area contributed by atoms with Crippen LogP contribution in [0.4, 0.5) is 5.69 Å². The van der Waals surface area contributed by atoms with Gasteiger partial charge in [-0.05, 0) is 56.9 Å². The van der Waals surface area contributed by atoms with Crippen LogP contribution < -0.4 is 9.62 Å². The summed E-state index contributed by atoms with van der Waals surface area (Å²) in [7, 11) is -3.86. The molecular weight excluding hydrogens is 478 g/mol. The summed E-state index contributed by atoms with van der Waals surface area (Å²) in [5, 5.41) is 3.05. The quantitative estimate of drug-likeness (QED) is 0.490. The lowest BCUT2D eigenvalue weighted by atomic mass is 10.1. The van der Waals surface area contributed by atoms with Gasteiger partial charge in [0.2, 0.25) is 21.8 Å². The summed E-state index contributed by atoms with van der Waals surface area (Å²) in [4.78, 5) is 40.1. The Morgan fingerprint density at radius 2 is 1.72 bits per heavy atom. The van der Waals surface area contributed by atoms with Gasteiger partial charge in [-0.15, -0.1) is 0 Å². The highest BCUT2D eigenvalue weighted by Gasteiger charge is 2.31. The molecule has 3 rings (SSSR count). The van der Waals surface area contributed by atoms with Gasteiger partial charge < -0.3 is 10.2 Å². The van der Waals surface area contributed by atoms with E-state index in [4.69, 9.17) is 0 Å². The molecule has 194 valence electrons. The average molecular weight is 514 g/mol. The SMILES string of the molecule is CC(=O)c1cccc(N(CC(=O)N(Cc2ccccc2C)[C@H](C)C(=O)NC2CCCC2)S(C)(=O)=O)c1. The molecule has 1 atom stereocenters. The standard InChI is InChI=1S/C27H35N3O5S/c1-19-10-5-6-11-23(19)17-29(20(2)27(33)28-24-13-7-8-14-24)26(32)18-30(36(4,34)35)25-15-9-12-22(16-25)21(3)31/h5-6,9-12,15-16,20,24H,7-8,13-14,17-18H2,1-4H3,(H,28,33)/t20-/m1/s1. The zero-order valence-corrected chi connectivity index (χ0v) is 22.2. The van der Waals surface area contributed by atoms with Gasteiger partial charge in [0, 0.05) is 18.2 Å². The van der Waals surface area contributed by atoms with Crippen LogP contribution in [0, 0.1) is 6.92 Å². The number of Topliss-reactive ketones (excluding diaryl/α,β-unsaturated/α-hetero) is 1. The van der Waals surface area contributed by atoms with Crippen molar-refractivity contribution >= 4 is 33.3 Å². The first kappa shape index (κ1) is 27.4. The second-order valence-electron chi connectivity index (χ2n) is 9.49. The van der Waals surface area contributed by atoms with Gasteiger partial charge in [-0.25, -0.2) is 8.42 Å². The predicted octanol–water partition coefficient (Wildman–Crippen LogP) is 3.44. The van der Waals surface area contributed by atoms with Crippen LogP contribution in [0.2, 0.25) is 0 Å². The molecule has 2 aromatic rings. The zero-order valence-electron chi connectivity index (χ0n) is 21.4. The van der Waals surface area contributed by atoms with Crippen LogP contribution in [0.3, 0.4) is 0 Å². The van der Waals surface area contributed by atoms with Gasteiger partial charge in [0.1, 0.15) is 12.6 Å². The summed E-state index contributed by atoms with van der Waals surface area (Å²) < 4.78 is 26.4. The van der Waals surface area contributed by atoms with Crippen molar-refractivity contribution in [1.29, 1.82) is 0 Å². The predicted molar refractivity (Wildman–Crippen MR) is 140 cm³/mol. The molecule has 0 bridgehead atoms. The second-order valence-corrected chi connectivity index (χ2v) is 11.4. The summed E-state index contributed by atoms with van der Waals surface area (Å²) in [6, 6.07) is 13.0. The summed E-state index contributed by atoms with van der Waals surface area (Å²) in [6.07, 6.45) is 4.97. The summed E-state index contributed by atoms with van der Waals surface area (Å²) in [5.41, 5.74) is 2.40. The number of carbonyl (C=O) groups excluding carboxylic acids is 3. The fourth-order valence-electron chi connectivity index (χ4n) is 4.44. The molecule has 2 aromatic carbocycles. The number of hydrogen-bond donors (Lipinski definition) is 1. The van der Waals surface area contributed by atoms with Crippen LogP contribution in [0.15, 0.2) is 48.5 Å². The summed E-state index contributed by atoms with van der Waals surface area (Å²) >= 11 is 0. The number of rotatable bonds is 10. The average Bonchev–Trinajstić information content (AvgIpc) is 3.33. The maximum atomic E-state index is 13.7. The molecule has 0 aliphatic heterocycles. The Bertz CT molecular complexity index is 1220. The van der Waals surface area contributed by atoms with Crippen molar-refractivity contribution in [3.05, 3.63) is 65.2 Å². The van der Waals surface area contributed by atoms with Gasteiger partial charge in [0.15, 0.2) is 5.78 Å². The normalized spacial score (nSPS) is 14.8. The fourth-order valence-corrected chi connectivity index (χ4v) is 5.28. The zero-order chi connectivity index (χ0) is 26.5. The number of sulfonamides is 1. The van der Waals surface area contributed by atoms with Crippen LogP contribution in [-0.4, -0.2) is 55.8 Å². The van der Waals surface area contributed by atoms with Gasteiger partial charge in [-0.1, -0.05) is 49.2 Å². The molecule has 0 spiro atoms. The van der Waals surface area contributed by atoms with E-state index in [2.05, 4.69) is 5.32 Å². The van der Waals surface area contributed by atoms with Gasteiger partial charge >= 0.3 is 0 Å². The topological polar surface area (TPSA) is 104 Å². The molecule has 1 fully saturated rings. The number of benzene rings is 2. The minimum Gasteiger partial charge on any atom is -0.352 e. The Morgan fingerprint density at radius 1 is 1.06 bits per heavy atom. The van der Waals surface area contributed by atoms with E-state index in [1.807, 2.05) is 31.2 Å². The maximum absolute atomic E-state index is 13.7. The lowest BCUT2D eigenvalue weighted by Gasteiger charge is -2.32. The van der Waals surface area contributed by atoms with E-state index in [0.29, 0.717) is 5.56 Å². The highest BCUT2D eigenvalue weighted by atomic mass is 32.2. The molecule has 0 radical (unpaired) electrons. The molecule has 0 aromatic heterocycles. The van der Waals surface area contributed by atoms with Crippen molar-refractivity contribution in [2.75, 3.05) is 17.1 Å². The summed E-state index contributed by atoms with van der Waals surface area (Å²) in [5.74, 6) is -0.977. The number of carbonyl (C=O) groups is 3. The Morgan fingerprint density at radius 3 is 2.33 bits per heavy atom. The fraction of sp³-hybridized carbons (Fsp3) is 0.444. The first-order valence-electron chi connectivity index (χ1n) is 12.2. The summed E-state index contributed by atoms with van der Waals surface area (Å²) in [6.45, 7) is 4.66. The molecule has 8 nitrogen and oxygen atoms in total. The highest BCUT2D eigenvalue weighted by Crippen LogP contribution is 2.22. The van der Waals surface area contributed by atoms with E-state index in [-0.39, 0.29) is 30.0 Å². The molecule has 1 aliphatic carbocycles. The van der Waals surface area contributed by atoms with Gasteiger partial charge in [0.25, 0.3) is 0 Å². The first-order chi connectivity index (χ1) is 17.0. The van der Waals surface area contributed by atoms with Crippen molar-refractivity contribution in [3.63, 3.8) is 0 Å². The first-order valence-corrected chi connectivity index (χ1v) is 14.0. The maximum Gasteiger partial charge on any atom is 0.244 e. The lowest BCUT2D eigenvalue weighted by Crippen LogP contribution is -2.52. The van der Waals surface area contributed by atoms with Gasteiger partial charge in [-0.2, -0.15) is 0 Å². The molecule has 0 unspecified atom stereocenters. The molecule has 0 saturated heterocycles. The Balaban J connectivity index is 1.91. The van der Waals surface area contributed by atoms with E-state index in [1.165, 1.54) is 17.9 Å². The highest BCUT2D eigenvalue weighted by molar-refractivity contribution is 7.92. The molecule has 2 amide bonds. The van der Waals surface area contributed by atoms with Crippen molar-refractivity contribution in [2.45, 2.75) is 65.1 Å². The largest absolute Gasteiger partial charge is 0.352 e. The van der Waals surface area contributed by atoms with Crippen molar-refractivity contribution in [2.24, 2.45) is 0 Å².